The Kier molecular flexibility index (Phi) is 4.37. The molecule has 0 spiro atoms. The summed E-state index contributed by atoms with van der Waals surface area (Å²) in [7, 11) is 0. The normalized spacial score (nSPS) is 15.4. The summed E-state index contributed by atoms with van der Waals surface area (Å²) >= 11 is 0. The highest BCUT2D eigenvalue weighted by Gasteiger charge is 2.16. The number of benzene rings is 1. The van der Waals surface area contributed by atoms with E-state index in [1.807, 2.05) is 25.1 Å². The number of nitrogens with two attached hydrogens (primary N) is 1. The van der Waals surface area contributed by atoms with Crippen LogP contribution in [0.25, 0.3) is 0 Å². The average Bonchev–Trinajstić information content (AvgIpc) is 2.28. The minimum atomic E-state index is 0.121. The molecule has 0 unspecified atom stereocenters. The molecule has 0 aromatic heterocycles. The van der Waals surface area contributed by atoms with Gasteiger partial charge in [0.25, 0.3) is 0 Å². The maximum absolute atomic E-state index is 7.39. The third-order valence-electron chi connectivity index (χ3n) is 3.81. The number of nitrogens with one attached hydrogen (secondary N) is 1. The first-order chi connectivity index (χ1) is 8.66. The molecule has 0 bridgehead atoms. The molecule has 1 aliphatic rings. The molecule has 18 heavy (non-hydrogen) atoms. The van der Waals surface area contributed by atoms with Crippen molar-refractivity contribution in [3.8, 4) is 0 Å². The van der Waals surface area contributed by atoms with E-state index in [0.717, 1.165) is 23.7 Å². The summed E-state index contributed by atoms with van der Waals surface area (Å²) in [5.74, 6) is 1.03. The van der Waals surface area contributed by atoms with Crippen LogP contribution in [0.1, 0.15) is 42.4 Å². The number of ether oxygens (including phenoxy) is 1. The van der Waals surface area contributed by atoms with E-state index in [4.69, 9.17) is 15.9 Å². The molecule has 98 valence electrons. The molecule has 3 nitrogen and oxygen atoms in total. The summed E-state index contributed by atoms with van der Waals surface area (Å²) in [5.41, 5.74) is 8.58. The number of nitrogen functional groups attached to an aromatic ring is 1. The van der Waals surface area contributed by atoms with E-state index in [1.165, 1.54) is 31.2 Å². The van der Waals surface area contributed by atoms with E-state index in [-0.39, 0.29) is 5.84 Å². The van der Waals surface area contributed by atoms with Crippen LogP contribution in [-0.4, -0.2) is 12.4 Å². The lowest BCUT2D eigenvalue weighted by Crippen LogP contribution is -2.14. The Morgan fingerprint density at radius 1 is 1.44 bits per heavy atom. The van der Waals surface area contributed by atoms with Crippen molar-refractivity contribution in [3.05, 3.63) is 34.9 Å². The van der Waals surface area contributed by atoms with Gasteiger partial charge in [-0.05, 0) is 36.5 Å². The van der Waals surface area contributed by atoms with Gasteiger partial charge >= 0.3 is 0 Å². The van der Waals surface area contributed by atoms with Gasteiger partial charge in [0.2, 0.25) is 0 Å². The Balaban J connectivity index is 1.79. The van der Waals surface area contributed by atoms with Crippen LogP contribution in [-0.2, 0) is 11.3 Å². The van der Waals surface area contributed by atoms with E-state index in [9.17, 15) is 0 Å². The monoisotopic (exact) mass is 246 g/mol. The van der Waals surface area contributed by atoms with Crippen molar-refractivity contribution in [2.75, 3.05) is 6.61 Å². The zero-order valence-corrected chi connectivity index (χ0v) is 11.0. The number of amidine groups is 1. The van der Waals surface area contributed by atoms with Gasteiger partial charge in [0, 0.05) is 12.2 Å². The second-order valence-corrected chi connectivity index (χ2v) is 5.19. The molecule has 0 aliphatic heterocycles. The first kappa shape index (κ1) is 13.1. The van der Waals surface area contributed by atoms with Crippen LogP contribution in [0.15, 0.2) is 18.2 Å². The summed E-state index contributed by atoms with van der Waals surface area (Å²) < 4.78 is 5.72. The maximum Gasteiger partial charge on any atom is 0.122 e. The van der Waals surface area contributed by atoms with Crippen molar-refractivity contribution in [3.63, 3.8) is 0 Å². The van der Waals surface area contributed by atoms with Crippen LogP contribution in [0.3, 0.4) is 0 Å². The highest BCUT2D eigenvalue weighted by atomic mass is 16.5. The SMILES string of the molecule is Cc1cc(C(=N)N)ccc1COCCC1CCC1. The van der Waals surface area contributed by atoms with Gasteiger partial charge in [0.1, 0.15) is 5.84 Å². The number of hydrogen-bond donors (Lipinski definition) is 2. The van der Waals surface area contributed by atoms with Crippen LogP contribution in [0.2, 0.25) is 0 Å². The molecule has 0 saturated heterocycles. The smallest absolute Gasteiger partial charge is 0.122 e. The topological polar surface area (TPSA) is 59.1 Å². The first-order valence-electron chi connectivity index (χ1n) is 6.68. The van der Waals surface area contributed by atoms with Gasteiger partial charge in [-0.15, -0.1) is 0 Å². The van der Waals surface area contributed by atoms with Gasteiger partial charge in [-0.3, -0.25) is 5.41 Å². The second-order valence-electron chi connectivity index (χ2n) is 5.19. The quantitative estimate of drug-likeness (QED) is 0.460. The Labute approximate surface area is 109 Å². The third-order valence-corrected chi connectivity index (χ3v) is 3.81. The second kappa shape index (κ2) is 6.01. The standard InChI is InChI=1S/C15H22N2O/c1-11-9-13(15(16)17)5-6-14(11)10-18-8-7-12-3-2-4-12/h5-6,9,12H,2-4,7-8,10H2,1H3,(H3,16,17). The summed E-state index contributed by atoms with van der Waals surface area (Å²) in [6.07, 6.45) is 5.37. The molecular weight excluding hydrogens is 224 g/mol. The number of rotatable bonds is 6. The van der Waals surface area contributed by atoms with Crippen LogP contribution in [0, 0.1) is 18.3 Å². The van der Waals surface area contributed by atoms with Crippen molar-refractivity contribution in [1.82, 2.24) is 0 Å². The number of hydrogen-bond acceptors (Lipinski definition) is 2. The van der Waals surface area contributed by atoms with Crippen LogP contribution in [0.4, 0.5) is 0 Å². The molecule has 3 N–H and O–H groups in total. The molecule has 0 amide bonds. The minimum absolute atomic E-state index is 0.121. The molecule has 0 heterocycles. The van der Waals surface area contributed by atoms with Crippen molar-refractivity contribution < 1.29 is 4.74 Å². The summed E-state index contributed by atoms with van der Waals surface area (Å²) in [5, 5.41) is 7.39. The van der Waals surface area contributed by atoms with E-state index in [0.29, 0.717) is 6.61 Å². The van der Waals surface area contributed by atoms with Crippen molar-refractivity contribution in [1.29, 1.82) is 5.41 Å². The Morgan fingerprint density at radius 3 is 2.78 bits per heavy atom. The Hall–Kier alpha value is -1.35. The van der Waals surface area contributed by atoms with Gasteiger partial charge < -0.3 is 10.5 Å². The van der Waals surface area contributed by atoms with E-state index in [2.05, 4.69) is 0 Å². The largest absolute Gasteiger partial charge is 0.384 e. The minimum Gasteiger partial charge on any atom is -0.384 e. The summed E-state index contributed by atoms with van der Waals surface area (Å²) in [6, 6.07) is 5.85. The van der Waals surface area contributed by atoms with Gasteiger partial charge in [0.15, 0.2) is 0 Å². The molecule has 1 fully saturated rings. The predicted octanol–water partition coefficient (Wildman–Crippen LogP) is 2.99. The van der Waals surface area contributed by atoms with Crippen molar-refractivity contribution in [2.45, 2.75) is 39.2 Å². The molecule has 1 aromatic rings. The van der Waals surface area contributed by atoms with Crippen molar-refractivity contribution in [2.24, 2.45) is 11.7 Å². The maximum atomic E-state index is 7.39. The van der Waals surface area contributed by atoms with Crippen LogP contribution >= 0.6 is 0 Å². The summed E-state index contributed by atoms with van der Waals surface area (Å²) in [4.78, 5) is 0. The van der Waals surface area contributed by atoms with Gasteiger partial charge in [0.05, 0.1) is 6.61 Å². The van der Waals surface area contributed by atoms with Gasteiger partial charge in [-0.25, -0.2) is 0 Å². The molecule has 1 saturated carbocycles. The number of aryl methyl sites for hydroxylation is 1. The van der Waals surface area contributed by atoms with Crippen molar-refractivity contribution >= 4 is 5.84 Å². The molecule has 0 atom stereocenters. The zero-order valence-electron chi connectivity index (χ0n) is 11.0. The van der Waals surface area contributed by atoms with Crippen LogP contribution < -0.4 is 5.73 Å². The Bertz CT molecular complexity index is 425. The highest BCUT2D eigenvalue weighted by molar-refractivity contribution is 5.95. The molecule has 1 aromatic carbocycles. The lowest BCUT2D eigenvalue weighted by atomic mass is 9.83. The molecule has 2 rings (SSSR count). The van der Waals surface area contributed by atoms with E-state index in [1.54, 1.807) is 0 Å². The molecule has 3 heteroatoms. The highest BCUT2D eigenvalue weighted by Crippen LogP contribution is 2.29. The zero-order chi connectivity index (χ0) is 13.0. The van der Waals surface area contributed by atoms with Gasteiger partial charge in [-0.2, -0.15) is 0 Å². The first-order valence-corrected chi connectivity index (χ1v) is 6.68. The molecular formula is C15H22N2O. The lowest BCUT2D eigenvalue weighted by molar-refractivity contribution is 0.0947. The Morgan fingerprint density at radius 2 is 2.22 bits per heavy atom. The molecule has 0 radical (unpaired) electrons. The van der Waals surface area contributed by atoms with E-state index >= 15 is 0 Å². The van der Waals surface area contributed by atoms with E-state index < -0.39 is 0 Å². The van der Waals surface area contributed by atoms with Gasteiger partial charge in [-0.1, -0.05) is 31.4 Å². The van der Waals surface area contributed by atoms with Crippen LogP contribution in [0.5, 0.6) is 0 Å². The lowest BCUT2D eigenvalue weighted by Gasteiger charge is -2.24. The molecule has 1 aliphatic carbocycles. The fourth-order valence-corrected chi connectivity index (χ4v) is 2.24. The fraction of sp³-hybridized carbons (Fsp3) is 0.533. The average molecular weight is 246 g/mol. The summed E-state index contributed by atoms with van der Waals surface area (Å²) in [6.45, 7) is 3.56. The fourth-order valence-electron chi connectivity index (χ4n) is 2.24. The third kappa shape index (κ3) is 3.33. The predicted molar refractivity (Wildman–Crippen MR) is 73.8 cm³/mol.